The SMILES string of the molecule is CC(C(=O)NC(N)=O)N1CCCC1CC(=O)O. The maximum Gasteiger partial charge on any atom is 0.318 e. The maximum atomic E-state index is 11.6. The highest BCUT2D eigenvalue weighted by molar-refractivity contribution is 5.96. The lowest BCUT2D eigenvalue weighted by Gasteiger charge is -2.28. The zero-order valence-electron chi connectivity index (χ0n) is 9.68. The summed E-state index contributed by atoms with van der Waals surface area (Å²) < 4.78 is 0. The summed E-state index contributed by atoms with van der Waals surface area (Å²) in [6, 6.07) is -1.59. The molecule has 17 heavy (non-hydrogen) atoms. The normalized spacial score (nSPS) is 22.1. The van der Waals surface area contributed by atoms with E-state index in [1.807, 2.05) is 5.32 Å². The van der Waals surface area contributed by atoms with Crippen LogP contribution in [0.15, 0.2) is 0 Å². The first kappa shape index (κ1) is 13.4. The number of carboxylic acid groups (broad SMARTS) is 1. The van der Waals surface area contributed by atoms with E-state index < -0.39 is 23.9 Å². The van der Waals surface area contributed by atoms with E-state index in [2.05, 4.69) is 0 Å². The Morgan fingerprint density at radius 1 is 1.53 bits per heavy atom. The van der Waals surface area contributed by atoms with E-state index in [-0.39, 0.29) is 12.5 Å². The Labute approximate surface area is 98.9 Å². The second-order valence-corrected chi connectivity index (χ2v) is 4.16. The molecule has 1 aliphatic rings. The van der Waals surface area contributed by atoms with Gasteiger partial charge in [-0.1, -0.05) is 0 Å². The fourth-order valence-corrected chi connectivity index (χ4v) is 2.17. The largest absolute Gasteiger partial charge is 0.481 e. The minimum atomic E-state index is -0.893. The second-order valence-electron chi connectivity index (χ2n) is 4.16. The Morgan fingerprint density at radius 3 is 2.71 bits per heavy atom. The van der Waals surface area contributed by atoms with Gasteiger partial charge in [0.1, 0.15) is 0 Å². The van der Waals surface area contributed by atoms with Crippen molar-refractivity contribution in [3.63, 3.8) is 0 Å². The highest BCUT2D eigenvalue weighted by Crippen LogP contribution is 2.22. The molecule has 0 saturated carbocycles. The summed E-state index contributed by atoms with van der Waals surface area (Å²) >= 11 is 0. The van der Waals surface area contributed by atoms with Gasteiger partial charge in [-0.05, 0) is 26.3 Å². The number of likely N-dealkylation sites (tertiary alicyclic amines) is 1. The van der Waals surface area contributed by atoms with Gasteiger partial charge < -0.3 is 10.8 Å². The molecule has 3 amide bonds. The van der Waals surface area contributed by atoms with Crippen LogP contribution in [0.1, 0.15) is 26.2 Å². The van der Waals surface area contributed by atoms with Crippen LogP contribution >= 0.6 is 0 Å². The molecule has 2 atom stereocenters. The maximum absolute atomic E-state index is 11.6. The summed E-state index contributed by atoms with van der Waals surface area (Å²) in [6.07, 6.45) is 1.61. The van der Waals surface area contributed by atoms with E-state index >= 15 is 0 Å². The molecule has 1 saturated heterocycles. The van der Waals surface area contributed by atoms with Crippen molar-refractivity contribution in [1.29, 1.82) is 0 Å². The third-order valence-corrected chi connectivity index (χ3v) is 2.96. The van der Waals surface area contributed by atoms with E-state index in [9.17, 15) is 14.4 Å². The van der Waals surface area contributed by atoms with Gasteiger partial charge in [-0.25, -0.2) is 4.79 Å². The van der Waals surface area contributed by atoms with Crippen molar-refractivity contribution < 1.29 is 19.5 Å². The van der Waals surface area contributed by atoms with Crippen LogP contribution in [0.4, 0.5) is 4.79 Å². The number of amides is 3. The number of hydrogen-bond acceptors (Lipinski definition) is 4. The molecule has 0 aromatic heterocycles. The number of urea groups is 1. The van der Waals surface area contributed by atoms with Crippen LogP contribution in [-0.2, 0) is 9.59 Å². The van der Waals surface area contributed by atoms with Crippen molar-refractivity contribution >= 4 is 17.9 Å². The third kappa shape index (κ3) is 3.70. The van der Waals surface area contributed by atoms with Crippen molar-refractivity contribution in [1.82, 2.24) is 10.2 Å². The van der Waals surface area contributed by atoms with Crippen LogP contribution in [0, 0.1) is 0 Å². The van der Waals surface area contributed by atoms with Crippen molar-refractivity contribution in [2.24, 2.45) is 5.73 Å². The standard InChI is InChI=1S/C10H17N3O4/c1-6(9(16)12-10(11)17)13-4-2-3-7(13)5-8(14)15/h6-7H,2-5H2,1H3,(H,14,15)(H3,11,12,16,17). The number of primary amides is 1. The van der Waals surface area contributed by atoms with Gasteiger partial charge in [0.15, 0.2) is 0 Å². The van der Waals surface area contributed by atoms with E-state index in [1.165, 1.54) is 0 Å². The molecular weight excluding hydrogens is 226 g/mol. The Balaban J connectivity index is 2.60. The zero-order valence-corrected chi connectivity index (χ0v) is 9.68. The molecule has 1 aliphatic heterocycles. The van der Waals surface area contributed by atoms with Gasteiger partial charge in [0.2, 0.25) is 5.91 Å². The molecule has 0 bridgehead atoms. The lowest BCUT2D eigenvalue weighted by molar-refractivity contribution is -0.139. The smallest absolute Gasteiger partial charge is 0.318 e. The molecule has 96 valence electrons. The highest BCUT2D eigenvalue weighted by atomic mass is 16.4. The summed E-state index contributed by atoms with van der Waals surface area (Å²) in [4.78, 5) is 34.6. The average molecular weight is 243 g/mol. The molecule has 7 nitrogen and oxygen atoms in total. The number of rotatable bonds is 4. The summed E-state index contributed by atoms with van der Waals surface area (Å²) in [5, 5.41) is 10.8. The fourth-order valence-electron chi connectivity index (χ4n) is 2.17. The minimum Gasteiger partial charge on any atom is -0.481 e. The number of carbonyl (C=O) groups is 3. The van der Waals surface area contributed by atoms with E-state index in [0.29, 0.717) is 6.54 Å². The number of hydrogen-bond donors (Lipinski definition) is 3. The first-order chi connectivity index (χ1) is 7.91. The second kappa shape index (κ2) is 5.62. The molecule has 0 aliphatic carbocycles. The van der Waals surface area contributed by atoms with Crippen molar-refractivity contribution in [3.05, 3.63) is 0 Å². The van der Waals surface area contributed by atoms with Crippen LogP contribution in [0.2, 0.25) is 0 Å². The molecule has 0 aromatic rings. The van der Waals surface area contributed by atoms with Gasteiger partial charge in [-0.3, -0.25) is 19.8 Å². The van der Waals surface area contributed by atoms with Crippen LogP contribution in [0.25, 0.3) is 0 Å². The molecule has 1 rings (SSSR count). The average Bonchev–Trinajstić information content (AvgIpc) is 2.62. The lowest BCUT2D eigenvalue weighted by atomic mass is 10.1. The number of imide groups is 1. The minimum absolute atomic E-state index is 0.00813. The molecule has 1 heterocycles. The fraction of sp³-hybridized carbons (Fsp3) is 0.700. The Kier molecular flexibility index (Phi) is 4.45. The predicted octanol–water partition coefficient (Wildman–Crippen LogP) is -0.491. The van der Waals surface area contributed by atoms with Crippen LogP contribution in [0.3, 0.4) is 0 Å². The lowest BCUT2D eigenvalue weighted by Crippen LogP contribution is -2.50. The Hall–Kier alpha value is -1.63. The molecule has 0 aromatic carbocycles. The van der Waals surface area contributed by atoms with Gasteiger partial charge in [-0.15, -0.1) is 0 Å². The molecule has 4 N–H and O–H groups in total. The first-order valence-corrected chi connectivity index (χ1v) is 5.49. The summed E-state index contributed by atoms with van der Waals surface area (Å²) in [5.74, 6) is -1.38. The van der Waals surface area contributed by atoms with E-state index in [0.717, 1.165) is 12.8 Å². The zero-order chi connectivity index (χ0) is 13.0. The van der Waals surface area contributed by atoms with Gasteiger partial charge in [0.25, 0.3) is 0 Å². The molecule has 0 radical (unpaired) electrons. The monoisotopic (exact) mass is 243 g/mol. The predicted molar refractivity (Wildman–Crippen MR) is 59.2 cm³/mol. The number of nitrogens with zero attached hydrogens (tertiary/aromatic N) is 1. The number of aliphatic carboxylic acids is 1. The van der Waals surface area contributed by atoms with Gasteiger partial charge in [-0.2, -0.15) is 0 Å². The number of carboxylic acids is 1. The third-order valence-electron chi connectivity index (χ3n) is 2.96. The first-order valence-electron chi connectivity index (χ1n) is 5.49. The van der Waals surface area contributed by atoms with Gasteiger partial charge in [0, 0.05) is 6.04 Å². The van der Waals surface area contributed by atoms with Gasteiger partial charge >= 0.3 is 12.0 Å². The summed E-state index contributed by atoms with van der Waals surface area (Å²) in [5.41, 5.74) is 4.86. The van der Waals surface area contributed by atoms with Crippen LogP contribution in [0.5, 0.6) is 0 Å². The molecular formula is C10H17N3O4. The number of carbonyl (C=O) groups excluding carboxylic acids is 2. The highest BCUT2D eigenvalue weighted by Gasteiger charge is 2.33. The number of nitrogens with two attached hydrogens (primary N) is 1. The Morgan fingerprint density at radius 2 is 2.18 bits per heavy atom. The summed E-state index contributed by atoms with van der Waals surface area (Å²) in [7, 11) is 0. The summed E-state index contributed by atoms with van der Waals surface area (Å²) in [6.45, 7) is 2.30. The number of nitrogens with one attached hydrogen (secondary N) is 1. The molecule has 0 spiro atoms. The van der Waals surface area contributed by atoms with Crippen molar-refractivity contribution in [3.8, 4) is 0 Å². The Bertz CT molecular complexity index is 332. The molecule has 2 unspecified atom stereocenters. The van der Waals surface area contributed by atoms with Crippen LogP contribution in [-0.4, -0.2) is 46.5 Å². The van der Waals surface area contributed by atoms with Crippen molar-refractivity contribution in [2.75, 3.05) is 6.54 Å². The topological polar surface area (TPSA) is 113 Å². The van der Waals surface area contributed by atoms with E-state index in [1.54, 1.807) is 11.8 Å². The van der Waals surface area contributed by atoms with Crippen molar-refractivity contribution in [2.45, 2.75) is 38.3 Å². The molecule has 7 heteroatoms. The van der Waals surface area contributed by atoms with Crippen LogP contribution < -0.4 is 11.1 Å². The van der Waals surface area contributed by atoms with Gasteiger partial charge in [0.05, 0.1) is 12.5 Å². The molecule has 1 fully saturated rings. The quantitative estimate of drug-likeness (QED) is 0.616. The van der Waals surface area contributed by atoms with E-state index in [4.69, 9.17) is 10.8 Å².